The summed E-state index contributed by atoms with van der Waals surface area (Å²) in [5.74, 6) is 1.11. The molecule has 4 rings (SSSR count). The van der Waals surface area contributed by atoms with E-state index in [1.54, 1.807) is 4.68 Å². The molecule has 0 saturated heterocycles. The first-order chi connectivity index (χ1) is 12.7. The molecule has 0 aliphatic carbocycles. The summed E-state index contributed by atoms with van der Waals surface area (Å²) < 4.78 is 7.13. The Labute approximate surface area is 154 Å². The van der Waals surface area contributed by atoms with Crippen LogP contribution in [-0.4, -0.2) is 30.3 Å². The molecule has 0 N–H and O–H groups in total. The van der Waals surface area contributed by atoms with Crippen molar-refractivity contribution in [3.05, 3.63) is 66.1 Å². The number of hydrogen-bond donors (Lipinski definition) is 0. The highest BCUT2D eigenvalue weighted by atomic mass is 32.2. The fourth-order valence-corrected chi connectivity index (χ4v) is 3.25. The lowest BCUT2D eigenvalue weighted by molar-refractivity contribution is 0.380. The first-order valence-electron chi connectivity index (χ1n) is 8.12. The van der Waals surface area contributed by atoms with Crippen LogP contribution >= 0.6 is 11.8 Å². The Morgan fingerprint density at radius 3 is 2.58 bits per heavy atom. The summed E-state index contributed by atoms with van der Waals surface area (Å²) in [6.07, 6.45) is 0. The van der Waals surface area contributed by atoms with E-state index >= 15 is 0 Å². The van der Waals surface area contributed by atoms with Gasteiger partial charge in [0.15, 0.2) is 0 Å². The maximum atomic E-state index is 5.43. The molecule has 0 amide bonds. The molecular formula is C18H16N6OS. The van der Waals surface area contributed by atoms with E-state index in [9.17, 15) is 0 Å². The fraction of sp³-hybridized carbons (Fsp3) is 0.167. The van der Waals surface area contributed by atoms with Crippen LogP contribution in [0.25, 0.3) is 17.1 Å². The van der Waals surface area contributed by atoms with Crippen LogP contribution in [-0.2, 0) is 0 Å². The maximum absolute atomic E-state index is 5.43. The minimum Gasteiger partial charge on any atom is -0.338 e. The summed E-state index contributed by atoms with van der Waals surface area (Å²) in [7, 11) is 0. The molecule has 0 spiro atoms. The van der Waals surface area contributed by atoms with E-state index in [-0.39, 0.29) is 5.25 Å². The normalized spacial score (nSPS) is 12.2. The Bertz CT molecular complexity index is 996. The molecule has 0 radical (unpaired) electrons. The molecule has 0 bridgehead atoms. The third-order valence-electron chi connectivity index (χ3n) is 3.82. The van der Waals surface area contributed by atoms with Crippen molar-refractivity contribution in [3.63, 3.8) is 0 Å². The van der Waals surface area contributed by atoms with Crippen molar-refractivity contribution < 1.29 is 4.52 Å². The zero-order valence-electron chi connectivity index (χ0n) is 14.3. The minimum atomic E-state index is -0.0878. The first kappa shape index (κ1) is 16.5. The first-order valence-corrected chi connectivity index (χ1v) is 9.00. The topological polar surface area (TPSA) is 82.5 Å². The molecule has 0 aliphatic rings. The highest BCUT2D eigenvalue weighted by molar-refractivity contribution is 7.99. The van der Waals surface area contributed by atoms with E-state index in [0.717, 1.165) is 11.3 Å². The highest BCUT2D eigenvalue weighted by Crippen LogP contribution is 2.34. The Balaban J connectivity index is 1.54. The molecular weight excluding hydrogens is 348 g/mol. The van der Waals surface area contributed by atoms with Gasteiger partial charge in [-0.15, -0.1) is 5.10 Å². The molecule has 2 aromatic heterocycles. The standard InChI is InChI=1S/C18H16N6OS/c1-12-8-10-15(11-9-12)24-18(20-22-23-24)26-13(2)17-19-16(21-25-17)14-6-4-3-5-7-14/h3-11,13H,1-2H3. The number of thioether (sulfide) groups is 1. The number of tetrazole rings is 1. The predicted molar refractivity (Wildman–Crippen MR) is 97.9 cm³/mol. The van der Waals surface area contributed by atoms with Gasteiger partial charge in [-0.2, -0.15) is 9.67 Å². The van der Waals surface area contributed by atoms with Crippen LogP contribution < -0.4 is 0 Å². The average Bonchev–Trinajstić information content (AvgIpc) is 3.33. The van der Waals surface area contributed by atoms with E-state index in [2.05, 4.69) is 25.7 Å². The summed E-state index contributed by atoms with van der Waals surface area (Å²) in [5, 5.41) is 16.6. The minimum absolute atomic E-state index is 0.0878. The van der Waals surface area contributed by atoms with E-state index < -0.39 is 0 Å². The number of hydrogen-bond acceptors (Lipinski definition) is 7. The number of rotatable bonds is 5. The van der Waals surface area contributed by atoms with Crippen LogP contribution in [0.15, 0.2) is 64.3 Å². The second kappa shape index (κ2) is 7.09. The Morgan fingerprint density at radius 2 is 1.81 bits per heavy atom. The molecule has 0 fully saturated rings. The summed E-state index contributed by atoms with van der Waals surface area (Å²) >= 11 is 1.47. The van der Waals surface area contributed by atoms with Gasteiger partial charge in [0.25, 0.3) is 0 Å². The molecule has 0 aliphatic heterocycles. The molecule has 8 heteroatoms. The van der Waals surface area contributed by atoms with Crippen molar-refractivity contribution in [1.82, 2.24) is 30.3 Å². The SMILES string of the molecule is Cc1ccc(-n2nnnc2SC(C)c2nc(-c3ccccc3)no2)cc1. The van der Waals surface area contributed by atoms with Gasteiger partial charge in [-0.3, -0.25) is 0 Å². The molecule has 7 nitrogen and oxygen atoms in total. The lowest BCUT2D eigenvalue weighted by Gasteiger charge is -2.07. The van der Waals surface area contributed by atoms with Crippen molar-refractivity contribution in [1.29, 1.82) is 0 Å². The second-order valence-corrected chi connectivity index (χ2v) is 7.10. The molecule has 2 heterocycles. The number of aromatic nitrogens is 6. The van der Waals surface area contributed by atoms with Crippen molar-refractivity contribution in [2.75, 3.05) is 0 Å². The summed E-state index contributed by atoms with van der Waals surface area (Å²) in [6, 6.07) is 17.8. The van der Waals surface area contributed by atoms with Crippen LogP contribution in [0.4, 0.5) is 0 Å². The van der Waals surface area contributed by atoms with Gasteiger partial charge in [-0.25, -0.2) is 0 Å². The molecule has 2 aromatic carbocycles. The lowest BCUT2D eigenvalue weighted by atomic mass is 10.2. The van der Waals surface area contributed by atoms with E-state index in [0.29, 0.717) is 16.9 Å². The van der Waals surface area contributed by atoms with Crippen molar-refractivity contribution in [2.24, 2.45) is 0 Å². The average molecular weight is 364 g/mol. The zero-order chi connectivity index (χ0) is 17.9. The summed E-state index contributed by atoms with van der Waals surface area (Å²) in [4.78, 5) is 4.50. The number of aryl methyl sites for hydroxylation is 1. The molecule has 26 heavy (non-hydrogen) atoms. The lowest BCUT2D eigenvalue weighted by Crippen LogP contribution is -2.00. The van der Waals surface area contributed by atoms with Crippen LogP contribution in [0.5, 0.6) is 0 Å². The van der Waals surface area contributed by atoms with Gasteiger partial charge in [0.1, 0.15) is 0 Å². The van der Waals surface area contributed by atoms with Gasteiger partial charge in [-0.1, -0.05) is 64.9 Å². The largest absolute Gasteiger partial charge is 0.338 e. The smallest absolute Gasteiger partial charge is 0.240 e. The Kier molecular flexibility index (Phi) is 4.49. The van der Waals surface area contributed by atoms with Gasteiger partial charge < -0.3 is 4.52 Å². The van der Waals surface area contributed by atoms with Gasteiger partial charge in [0.2, 0.25) is 16.9 Å². The third-order valence-corrected chi connectivity index (χ3v) is 4.84. The molecule has 130 valence electrons. The predicted octanol–water partition coefficient (Wildman–Crippen LogP) is 3.87. The maximum Gasteiger partial charge on any atom is 0.240 e. The number of benzene rings is 2. The molecule has 4 aromatic rings. The van der Waals surface area contributed by atoms with Gasteiger partial charge >= 0.3 is 0 Å². The van der Waals surface area contributed by atoms with Crippen LogP contribution in [0, 0.1) is 6.92 Å². The Hall–Kier alpha value is -3.00. The monoisotopic (exact) mass is 364 g/mol. The van der Waals surface area contributed by atoms with E-state index in [1.165, 1.54) is 17.3 Å². The zero-order valence-corrected chi connectivity index (χ0v) is 15.1. The quantitative estimate of drug-likeness (QED) is 0.497. The van der Waals surface area contributed by atoms with Crippen molar-refractivity contribution >= 4 is 11.8 Å². The summed E-state index contributed by atoms with van der Waals surface area (Å²) in [5.41, 5.74) is 3.01. The van der Waals surface area contributed by atoms with Gasteiger partial charge in [-0.05, 0) is 36.4 Å². The van der Waals surface area contributed by atoms with Crippen molar-refractivity contribution in [3.8, 4) is 17.1 Å². The van der Waals surface area contributed by atoms with Crippen LogP contribution in [0.1, 0.15) is 23.6 Å². The molecule has 0 saturated carbocycles. The van der Waals surface area contributed by atoms with Crippen LogP contribution in [0.2, 0.25) is 0 Å². The van der Waals surface area contributed by atoms with Gasteiger partial charge in [0, 0.05) is 5.56 Å². The molecule has 1 atom stereocenters. The highest BCUT2D eigenvalue weighted by Gasteiger charge is 2.20. The van der Waals surface area contributed by atoms with Gasteiger partial charge in [0.05, 0.1) is 10.9 Å². The van der Waals surface area contributed by atoms with E-state index in [4.69, 9.17) is 4.52 Å². The third kappa shape index (κ3) is 3.36. The van der Waals surface area contributed by atoms with Crippen molar-refractivity contribution in [2.45, 2.75) is 24.3 Å². The van der Waals surface area contributed by atoms with E-state index in [1.807, 2.05) is 68.4 Å². The number of nitrogens with zero attached hydrogens (tertiary/aromatic N) is 6. The molecule has 1 unspecified atom stereocenters. The van der Waals surface area contributed by atoms with Crippen LogP contribution in [0.3, 0.4) is 0 Å². The fourth-order valence-electron chi connectivity index (χ4n) is 2.41. The second-order valence-electron chi connectivity index (χ2n) is 5.79. The summed E-state index contributed by atoms with van der Waals surface area (Å²) in [6.45, 7) is 4.03. The Morgan fingerprint density at radius 1 is 1.04 bits per heavy atom.